The molecule has 0 aromatic carbocycles. The molecule has 0 N–H and O–H groups in total. The summed E-state index contributed by atoms with van der Waals surface area (Å²) < 4.78 is 0. The highest BCUT2D eigenvalue weighted by Gasteiger charge is 2.39. The van der Waals surface area contributed by atoms with Crippen molar-refractivity contribution in [3.63, 3.8) is 0 Å². The fourth-order valence-electron chi connectivity index (χ4n) is 3.43. The van der Waals surface area contributed by atoms with Crippen molar-refractivity contribution in [1.82, 2.24) is 0 Å². The SMILES string of the molecule is CC1(C2CCCCC2=O)CCCCC1. The van der Waals surface area contributed by atoms with E-state index in [-0.39, 0.29) is 0 Å². The van der Waals surface area contributed by atoms with Crippen LogP contribution in [0.25, 0.3) is 0 Å². The van der Waals surface area contributed by atoms with E-state index in [1.54, 1.807) is 0 Å². The van der Waals surface area contributed by atoms with Gasteiger partial charge in [-0.3, -0.25) is 4.79 Å². The maximum absolute atomic E-state index is 11.9. The van der Waals surface area contributed by atoms with Crippen LogP contribution in [0.2, 0.25) is 0 Å². The molecule has 2 fully saturated rings. The molecule has 0 saturated heterocycles. The Kier molecular flexibility index (Phi) is 2.94. The second-order valence-corrected chi connectivity index (χ2v) is 5.48. The van der Waals surface area contributed by atoms with Gasteiger partial charge in [0, 0.05) is 12.3 Å². The summed E-state index contributed by atoms with van der Waals surface area (Å²) >= 11 is 0. The maximum atomic E-state index is 11.9. The number of hydrogen-bond acceptors (Lipinski definition) is 1. The third kappa shape index (κ3) is 1.87. The Bertz CT molecular complexity index is 213. The van der Waals surface area contributed by atoms with Gasteiger partial charge in [-0.2, -0.15) is 0 Å². The first-order chi connectivity index (χ1) is 6.72. The number of Topliss-reactive ketones (excluding diaryl/α,β-unsaturated/α-hetero) is 1. The largest absolute Gasteiger partial charge is 0.299 e. The Morgan fingerprint density at radius 2 is 1.79 bits per heavy atom. The summed E-state index contributed by atoms with van der Waals surface area (Å²) in [6.07, 6.45) is 11.1. The molecule has 80 valence electrons. The van der Waals surface area contributed by atoms with E-state index in [1.165, 1.54) is 44.9 Å². The molecule has 0 spiro atoms. The van der Waals surface area contributed by atoms with E-state index < -0.39 is 0 Å². The lowest BCUT2D eigenvalue weighted by Gasteiger charge is -2.41. The second kappa shape index (κ2) is 4.04. The van der Waals surface area contributed by atoms with Crippen LogP contribution in [-0.2, 0) is 4.79 Å². The van der Waals surface area contributed by atoms with Gasteiger partial charge in [0.25, 0.3) is 0 Å². The van der Waals surface area contributed by atoms with Crippen LogP contribution in [0, 0.1) is 11.3 Å². The number of carbonyl (C=O) groups excluding carboxylic acids is 1. The van der Waals surface area contributed by atoms with E-state index in [0.29, 0.717) is 17.1 Å². The average molecular weight is 194 g/mol. The van der Waals surface area contributed by atoms with E-state index in [0.717, 1.165) is 12.8 Å². The Labute approximate surface area is 87.3 Å². The van der Waals surface area contributed by atoms with Gasteiger partial charge in [0.2, 0.25) is 0 Å². The summed E-state index contributed by atoms with van der Waals surface area (Å²) in [7, 11) is 0. The van der Waals surface area contributed by atoms with Crippen molar-refractivity contribution in [1.29, 1.82) is 0 Å². The van der Waals surface area contributed by atoms with Gasteiger partial charge in [-0.25, -0.2) is 0 Å². The molecule has 0 heterocycles. The molecule has 1 nitrogen and oxygen atoms in total. The van der Waals surface area contributed by atoms with Crippen LogP contribution in [0.1, 0.15) is 64.7 Å². The van der Waals surface area contributed by atoms with Gasteiger partial charge in [-0.05, 0) is 31.1 Å². The van der Waals surface area contributed by atoms with Crippen molar-refractivity contribution in [2.24, 2.45) is 11.3 Å². The molecule has 2 aliphatic rings. The van der Waals surface area contributed by atoms with Crippen LogP contribution in [0.5, 0.6) is 0 Å². The summed E-state index contributed by atoms with van der Waals surface area (Å²) in [4.78, 5) is 11.9. The molecule has 2 rings (SSSR count). The summed E-state index contributed by atoms with van der Waals surface area (Å²) in [5.74, 6) is 0.984. The molecule has 14 heavy (non-hydrogen) atoms. The summed E-state index contributed by atoms with van der Waals surface area (Å²) in [5, 5.41) is 0. The lowest BCUT2D eigenvalue weighted by molar-refractivity contribution is -0.130. The van der Waals surface area contributed by atoms with E-state index in [4.69, 9.17) is 0 Å². The van der Waals surface area contributed by atoms with Crippen molar-refractivity contribution in [2.75, 3.05) is 0 Å². The lowest BCUT2D eigenvalue weighted by atomic mass is 9.62. The average Bonchev–Trinajstić information content (AvgIpc) is 2.19. The molecule has 0 aromatic heterocycles. The zero-order valence-electron chi connectivity index (χ0n) is 9.35. The monoisotopic (exact) mass is 194 g/mol. The molecule has 0 aliphatic heterocycles. The molecule has 2 aliphatic carbocycles. The Balaban J connectivity index is 2.06. The minimum absolute atomic E-state index is 0.371. The van der Waals surface area contributed by atoms with Crippen LogP contribution < -0.4 is 0 Å². The Morgan fingerprint density at radius 3 is 2.43 bits per heavy atom. The fraction of sp³-hybridized carbons (Fsp3) is 0.923. The molecular weight excluding hydrogens is 172 g/mol. The maximum Gasteiger partial charge on any atom is 0.136 e. The van der Waals surface area contributed by atoms with Crippen molar-refractivity contribution >= 4 is 5.78 Å². The first-order valence-corrected chi connectivity index (χ1v) is 6.25. The number of rotatable bonds is 1. The van der Waals surface area contributed by atoms with E-state index >= 15 is 0 Å². The summed E-state index contributed by atoms with van der Waals surface area (Å²) in [6, 6.07) is 0. The molecule has 0 amide bonds. The fourth-order valence-corrected chi connectivity index (χ4v) is 3.43. The number of carbonyl (C=O) groups is 1. The lowest BCUT2D eigenvalue weighted by Crippen LogP contribution is -2.37. The van der Waals surface area contributed by atoms with Crippen LogP contribution >= 0.6 is 0 Å². The highest BCUT2D eigenvalue weighted by Crippen LogP contribution is 2.46. The number of hydrogen-bond donors (Lipinski definition) is 0. The van der Waals surface area contributed by atoms with Crippen molar-refractivity contribution in [2.45, 2.75) is 64.7 Å². The molecule has 0 radical (unpaired) electrons. The molecule has 1 atom stereocenters. The molecule has 1 unspecified atom stereocenters. The smallest absolute Gasteiger partial charge is 0.136 e. The van der Waals surface area contributed by atoms with Crippen LogP contribution in [0.3, 0.4) is 0 Å². The summed E-state index contributed by atoms with van der Waals surface area (Å²) in [6.45, 7) is 2.36. The quantitative estimate of drug-likeness (QED) is 0.622. The molecule has 2 saturated carbocycles. The van der Waals surface area contributed by atoms with Gasteiger partial charge in [-0.15, -0.1) is 0 Å². The van der Waals surface area contributed by atoms with E-state index in [2.05, 4.69) is 6.92 Å². The zero-order chi connectivity index (χ0) is 10.0. The highest BCUT2D eigenvalue weighted by atomic mass is 16.1. The van der Waals surface area contributed by atoms with Crippen molar-refractivity contribution in [3.8, 4) is 0 Å². The third-order valence-corrected chi connectivity index (χ3v) is 4.39. The Hall–Kier alpha value is -0.330. The minimum Gasteiger partial charge on any atom is -0.299 e. The highest BCUT2D eigenvalue weighted by molar-refractivity contribution is 5.82. The third-order valence-electron chi connectivity index (χ3n) is 4.39. The van der Waals surface area contributed by atoms with Gasteiger partial charge >= 0.3 is 0 Å². The first-order valence-electron chi connectivity index (χ1n) is 6.25. The van der Waals surface area contributed by atoms with Gasteiger partial charge in [0.15, 0.2) is 0 Å². The zero-order valence-corrected chi connectivity index (χ0v) is 9.35. The number of ketones is 1. The topological polar surface area (TPSA) is 17.1 Å². The van der Waals surface area contributed by atoms with Crippen LogP contribution in [0.4, 0.5) is 0 Å². The minimum atomic E-state index is 0.371. The van der Waals surface area contributed by atoms with Crippen molar-refractivity contribution in [3.05, 3.63) is 0 Å². The van der Waals surface area contributed by atoms with Gasteiger partial charge < -0.3 is 0 Å². The van der Waals surface area contributed by atoms with Gasteiger partial charge in [-0.1, -0.05) is 32.6 Å². The van der Waals surface area contributed by atoms with Crippen LogP contribution in [0.15, 0.2) is 0 Å². The van der Waals surface area contributed by atoms with Crippen molar-refractivity contribution < 1.29 is 4.79 Å². The molecule has 0 bridgehead atoms. The predicted molar refractivity (Wildman–Crippen MR) is 58.2 cm³/mol. The van der Waals surface area contributed by atoms with Gasteiger partial charge in [0.1, 0.15) is 5.78 Å². The van der Waals surface area contributed by atoms with E-state index in [1.807, 2.05) is 0 Å². The standard InChI is InChI=1S/C13H22O/c1-13(9-5-2-6-10-13)11-7-3-4-8-12(11)14/h11H,2-10H2,1H3. The predicted octanol–water partition coefficient (Wildman–Crippen LogP) is 3.72. The molecule has 1 heteroatoms. The Morgan fingerprint density at radius 1 is 1.07 bits per heavy atom. The first kappa shape index (κ1) is 10.2. The molecular formula is C13H22O. The normalized spacial score (nSPS) is 32.9. The van der Waals surface area contributed by atoms with E-state index in [9.17, 15) is 4.79 Å². The molecule has 0 aromatic rings. The second-order valence-electron chi connectivity index (χ2n) is 5.48. The summed E-state index contributed by atoms with van der Waals surface area (Å²) in [5.41, 5.74) is 0.371. The van der Waals surface area contributed by atoms with Crippen LogP contribution in [-0.4, -0.2) is 5.78 Å². The van der Waals surface area contributed by atoms with Gasteiger partial charge in [0.05, 0.1) is 0 Å².